The SMILES string of the molecule is CCCNCCNC(=O)Cc1csc(NC(=O)Cc2cccs2)n1. The van der Waals surface area contributed by atoms with E-state index in [1.165, 1.54) is 11.3 Å². The van der Waals surface area contributed by atoms with Crippen molar-refractivity contribution in [2.24, 2.45) is 0 Å². The van der Waals surface area contributed by atoms with Crippen molar-refractivity contribution in [2.45, 2.75) is 26.2 Å². The first-order chi connectivity index (χ1) is 11.7. The van der Waals surface area contributed by atoms with Crippen LogP contribution in [-0.4, -0.2) is 36.4 Å². The molecular weight excluding hydrogens is 344 g/mol. The number of hydrogen-bond acceptors (Lipinski definition) is 6. The van der Waals surface area contributed by atoms with Crippen molar-refractivity contribution in [3.63, 3.8) is 0 Å². The summed E-state index contributed by atoms with van der Waals surface area (Å²) in [5, 5.41) is 13.1. The molecule has 0 unspecified atom stereocenters. The van der Waals surface area contributed by atoms with Gasteiger partial charge in [0.25, 0.3) is 0 Å². The number of nitrogens with zero attached hydrogens (tertiary/aromatic N) is 1. The van der Waals surface area contributed by atoms with Gasteiger partial charge in [-0.15, -0.1) is 22.7 Å². The fraction of sp³-hybridized carbons (Fsp3) is 0.438. The van der Waals surface area contributed by atoms with Gasteiger partial charge >= 0.3 is 0 Å². The molecule has 0 bridgehead atoms. The first kappa shape index (κ1) is 18.6. The highest BCUT2D eigenvalue weighted by molar-refractivity contribution is 7.14. The molecule has 0 saturated carbocycles. The summed E-state index contributed by atoms with van der Waals surface area (Å²) in [7, 11) is 0. The van der Waals surface area contributed by atoms with Gasteiger partial charge < -0.3 is 16.0 Å². The molecule has 2 amide bonds. The van der Waals surface area contributed by atoms with Gasteiger partial charge in [-0.2, -0.15) is 0 Å². The van der Waals surface area contributed by atoms with Gasteiger partial charge in [0.2, 0.25) is 11.8 Å². The third kappa shape index (κ3) is 6.77. The quantitative estimate of drug-likeness (QED) is 0.562. The van der Waals surface area contributed by atoms with E-state index >= 15 is 0 Å². The van der Waals surface area contributed by atoms with E-state index in [-0.39, 0.29) is 18.2 Å². The molecule has 0 aliphatic carbocycles. The van der Waals surface area contributed by atoms with Gasteiger partial charge in [0, 0.05) is 23.3 Å². The van der Waals surface area contributed by atoms with Crippen LogP contribution in [-0.2, 0) is 22.4 Å². The van der Waals surface area contributed by atoms with E-state index in [4.69, 9.17) is 0 Å². The second kappa shape index (κ2) is 10.2. The monoisotopic (exact) mass is 366 g/mol. The minimum atomic E-state index is -0.0928. The number of aromatic nitrogens is 1. The van der Waals surface area contributed by atoms with E-state index in [0.717, 1.165) is 24.4 Å². The molecule has 8 heteroatoms. The normalized spacial score (nSPS) is 10.5. The number of carbonyl (C=O) groups is 2. The molecule has 2 aromatic heterocycles. The summed E-state index contributed by atoms with van der Waals surface area (Å²) in [6.07, 6.45) is 1.65. The van der Waals surface area contributed by atoms with E-state index in [0.29, 0.717) is 23.8 Å². The Labute approximate surface area is 149 Å². The maximum absolute atomic E-state index is 11.9. The van der Waals surface area contributed by atoms with Crippen molar-refractivity contribution in [3.05, 3.63) is 33.5 Å². The Balaban J connectivity index is 1.70. The predicted molar refractivity (Wildman–Crippen MR) is 98.6 cm³/mol. The summed E-state index contributed by atoms with van der Waals surface area (Å²) >= 11 is 2.89. The lowest BCUT2D eigenvalue weighted by Gasteiger charge is -2.05. The molecule has 130 valence electrons. The Morgan fingerprint density at radius 3 is 2.75 bits per heavy atom. The average molecular weight is 367 g/mol. The van der Waals surface area contributed by atoms with Crippen molar-refractivity contribution in [1.82, 2.24) is 15.6 Å². The van der Waals surface area contributed by atoms with Crippen LogP contribution in [0.3, 0.4) is 0 Å². The molecule has 6 nitrogen and oxygen atoms in total. The van der Waals surface area contributed by atoms with Crippen LogP contribution in [0.1, 0.15) is 23.9 Å². The average Bonchev–Trinajstić information content (AvgIpc) is 3.19. The summed E-state index contributed by atoms with van der Waals surface area (Å²) in [4.78, 5) is 29.0. The molecule has 0 fully saturated rings. The zero-order valence-corrected chi connectivity index (χ0v) is 15.3. The Hall–Kier alpha value is -1.77. The molecule has 0 aromatic carbocycles. The highest BCUT2D eigenvalue weighted by Crippen LogP contribution is 2.17. The maximum Gasteiger partial charge on any atom is 0.231 e. The molecule has 0 spiro atoms. The fourth-order valence-electron chi connectivity index (χ4n) is 2.00. The van der Waals surface area contributed by atoms with Crippen LogP contribution >= 0.6 is 22.7 Å². The first-order valence-electron chi connectivity index (χ1n) is 7.91. The summed E-state index contributed by atoms with van der Waals surface area (Å²) in [5.74, 6) is -0.153. The van der Waals surface area contributed by atoms with E-state index in [1.807, 2.05) is 17.5 Å². The zero-order valence-electron chi connectivity index (χ0n) is 13.6. The number of thiazole rings is 1. The van der Waals surface area contributed by atoms with Crippen LogP contribution < -0.4 is 16.0 Å². The summed E-state index contributed by atoms with van der Waals surface area (Å²) in [6, 6.07) is 3.85. The Bertz CT molecular complexity index is 640. The second-order valence-electron chi connectivity index (χ2n) is 5.23. The second-order valence-corrected chi connectivity index (χ2v) is 7.12. The molecule has 24 heavy (non-hydrogen) atoms. The minimum absolute atomic E-state index is 0.0601. The van der Waals surface area contributed by atoms with Gasteiger partial charge in [-0.3, -0.25) is 9.59 Å². The third-order valence-corrected chi connectivity index (χ3v) is 4.79. The van der Waals surface area contributed by atoms with Gasteiger partial charge in [0.1, 0.15) is 0 Å². The summed E-state index contributed by atoms with van der Waals surface area (Å²) in [5.41, 5.74) is 0.672. The van der Waals surface area contributed by atoms with Crippen molar-refractivity contribution in [3.8, 4) is 0 Å². The van der Waals surface area contributed by atoms with Crippen molar-refractivity contribution in [2.75, 3.05) is 25.0 Å². The van der Waals surface area contributed by atoms with Crippen LogP contribution in [0.4, 0.5) is 5.13 Å². The van der Waals surface area contributed by atoms with Gasteiger partial charge in [0.05, 0.1) is 18.5 Å². The van der Waals surface area contributed by atoms with E-state index in [9.17, 15) is 9.59 Å². The number of carbonyl (C=O) groups excluding carboxylic acids is 2. The van der Waals surface area contributed by atoms with Gasteiger partial charge in [-0.05, 0) is 24.4 Å². The number of nitrogens with one attached hydrogen (secondary N) is 3. The molecule has 0 aliphatic rings. The fourth-order valence-corrected chi connectivity index (χ4v) is 3.43. The van der Waals surface area contributed by atoms with E-state index < -0.39 is 0 Å². The highest BCUT2D eigenvalue weighted by Gasteiger charge is 2.10. The number of anilines is 1. The number of thiophene rings is 1. The van der Waals surface area contributed by atoms with E-state index in [1.54, 1.807) is 16.7 Å². The molecule has 2 rings (SSSR count). The van der Waals surface area contributed by atoms with Crippen molar-refractivity contribution >= 4 is 39.6 Å². The number of rotatable bonds is 10. The molecule has 3 N–H and O–H groups in total. The summed E-state index contributed by atoms with van der Waals surface area (Å²) in [6.45, 7) is 4.43. The lowest BCUT2D eigenvalue weighted by Crippen LogP contribution is -2.33. The minimum Gasteiger partial charge on any atom is -0.354 e. The van der Waals surface area contributed by atoms with Crippen LogP contribution in [0.25, 0.3) is 0 Å². The lowest BCUT2D eigenvalue weighted by molar-refractivity contribution is -0.120. The highest BCUT2D eigenvalue weighted by atomic mass is 32.1. The largest absolute Gasteiger partial charge is 0.354 e. The molecule has 0 saturated heterocycles. The maximum atomic E-state index is 11.9. The summed E-state index contributed by atoms with van der Waals surface area (Å²) < 4.78 is 0. The standard InChI is InChI=1S/C16H22N4O2S2/c1-2-5-17-6-7-18-14(21)9-12-11-24-16(19-12)20-15(22)10-13-4-3-8-23-13/h3-4,8,11,17H,2,5-7,9-10H2,1H3,(H,18,21)(H,19,20,22). The molecule has 0 atom stereocenters. The van der Waals surface area contributed by atoms with Crippen molar-refractivity contribution in [1.29, 1.82) is 0 Å². The van der Waals surface area contributed by atoms with Gasteiger partial charge in [-0.1, -0.05) is 13.0 Å². The van der Waals surface area contributed by atoms with Crippen LogP contribution in [0, 0.1) is 0 Å². The Morgan fingerprint density at radius 1 is 1.12 bits per heavy atom. The Morgan fingerprint density at radius 2 is 2.00 bits per heavy atom. The third-order valence-electron chi connectivity index (χ3n) is 3.11. The van der Waals surface area contributed by atoms with Crippen LogP contribution in [0.15, 0.2) is 22.9 Å². The first-order valence-corrected chi connectivity index (χ1v) is 9.67. The Kier molecular flexibility index (Phi) is 7.87. The molecule has 2 aromatic rings. The number of amides is 2. The van der Waals surface area contributed by atoms with Gasteiger partial charge in [0.15, 0.2) is 5.13 Å². The van der Waals surface area contributed by atoms with Crippen LogP contribution in [0.5, 0.6) is 0 Å². The molecule has 0 radical (unpaired) electrons. The lowest BCUT2D eigenvalue weighted by atomic mass is 10.3. The predicted octanol–water partition coefficient (Wildman–Crippen LogP) is 2.04. The van der Waals surface area contributed by atoms with Crippen LogP contribution in [0.2, 0.25) is 0 Å². The molecule has 2 heterocycles. The zero-order chi connectivity index (χ0) is 17.2. The topological polar surface area (TPSA) is 83.1 Å². The van der Waals surface area contributed by atoms with E-state index in [2.05, 4.69) is 27.9 Å². The smallest absolute Gasteiger partial charge is 0.231 e. The van der Waals surface area contributed by atoms with Crippen molar-refractivity contribution < 1.29 is 9.59 Å². The molecular formula is C16H22N4O2S2. The van der Waals surface area contributed by atoms with Gasteiger partial charge in [-0.25, -0.2) is 4.98 Å². The number of hydrogen-bond donors (Lipinski definition) is 3. The molecule has 0 aliphatic heterocycles.